The number of aryl methyl sites for hydroxylation is 3. The minimum absolute atomic E-state index is 0.103. The SMILES string of the molecule is Cc1ccc(OCCNC(=O)c2nc3nc(C)cc(C)n3n2)cc1. The fraction of sp³-hybridized carbons (Fsp3) is 0.294. The Morgan fingerprint density at radius 2 is 1.92 bits per heavy atom. The van der Waals surface area contributed by atoms with Crippen LogP contribution in [-0.2, 0) is 0 Å². The smallest absolute Gasteiger partial charge is 0.291 e. The number of rotatable bonds is 5. The molecule has 0 atom stereocenters. The normalized spacial score (nSPS) is 10.8. The van der Waals surface area contributed by atoms with Crippen LogP contribution in [0.3, 0.4) is 0 Å². The van der Waals surface area contributed by atoms with Gasteiger partial charge in [0.1, 0.15) is 12.4 Å². The summed E-state index contributed by atoms with van der Waals surface area (Å²) in [7, 11) is 0. The number of benzene rings is 1. The van der Waals surface area contributed by atoms with Gasteiger partial charge in [-0.05, 0) is 39.0 Å². The van der Waals surface area contributed by atoms with E-state index in [-0.39, 0.29) is 11.7 Å². The van der Waals surface area contributed by atoms with Crippen molar-refractivity contribution in [1.82, 2.24) is 24.9 Å². The molecule has 1 aromatic carbocycles. The molecule has 0 bridgehead atoms. The molecule has 2 aromatic heterocycles. The second-order valence-corrected chi connectivity index (χ2v) is 5.60. The third-order valence-corrected chi connectivity index (χ3v) is 3.50. The van der Waals surface area contributed by atoms with E-state index in [9.17, 15) is 4.79 Å². The van der Waals surface area contributed by atoms with Crippen LogP contribution in [0.1, 0.15) is 27.6 Å². The van der Waals surface area contributed by atoms with Gasteiger partial charge in [0.2, 0.25) is 5.82 Å². The lowest BCUT2D eigenvalue weighted by Crippen LogP contribution is -2.29. The molecule has 0 unspecified atom stereocenters. The van der Waals surface area contributed by atoms with E-state index in [1.165, 1.54) is 5.56 Å². The third-order valence-electron chi connectivity index (χ3n) is 3.50. The minimum Gasteiger partial charge on any atom is -0.492 e. The molecular formula is C17H19N5O2. The lowest BCUT2D eigenvalue weighted by atomic mass is 10.2. The molecule has 0 saturated heterocycles. The van der Waals surface area contributed by atoms with E-state index < -0.39 is 0 Å². The zero-order valence-corrected chi connectivity index (χ0v) is 13.9. The predicted molar refractivity (Wildman–Crippen MR) is 89.3 cm³/mol. The van der Waals surface area contributed by atoms with Crippen molar-refractivity contribution in [3.05, 3.63) is 53.1 Å². The zero-order valence-electron chi connectivity index (χ0n) is 13.9. The van der Waals surface area contributed by atoms with Crippen LogP contribution in [0, 0.1) is 20.8 Å². The monoisotopic (exact) mass is 325 g/mol. The molecule has 3 aromatic rings. The first-order valence-electron chi connectivity index (χ1n) is 7.71. The van der Waals surface area contributed by atoms with Gasteiger partial charge in [0, 0.05) is 11.4 Å². The van der Waals surface area contributed by atoms with Crippen molar-refractivity contribution in [3.63, 3.8) is 0 Å². The molecule has 1 amide bonds. The van der Waals surface area contributed by atoms with Crippen LogP contribution >= 0.6 is 0 Å². The van der Waals surface area contributed by atoms with Gasteiger partial charge in [-0.25, -0.2) is 9.50 Å². The number of hydrogen-bond donors (Lipinski definition) is 1. The Bertz CT molecular complexity index is 871. The fourth-order valence-corrected chi connectivity index (χ4v) is 2.31. The molecule has 7 nitrogen and oxygen atoms in total. The first-order chi connectivity index (χ1) is 11.5. The summed E-state index contributed by atoms with van der Waals surface area (Å²) < 4.78 is 7.13. The van der Waals surface area contributed by atoms with Gasteiger partial charge in [0.05, 0.1) is 6.54 Å². The first-order valence-corrected chi connectivity index (χ1v) is 7.71. The highest BCUT2D eigenvalue weighted by Gasteiger charge is 2.14. The van der Waals surface area contributed by atoms with Crippen LogP contribution in [0.2, 0.25) is 0 Å². The van der Waals surface area contributed by atoms with Gasteiger partial charge in [-0.1, -0.05) is 17.7 Å². The second-order valence-electron chi connectivity index (χ2n) is 5.60. The number of ether oxygens (including phenoxy) is 1. The molecular weight excluding hydrogens is 306 g/mol. The van der Waals surface area contributed by atoms with E-state index in [2.05, 4.69) is 20.4 Å². The molecule has 2 heterocycles. The standard InChI is InChI=1S/C17H19N5O2/c1-11-4-6-14(7-5-11)24-9-8-18-16(23)15-20-17-19-12(2)10-13(3)22(17)21-15/h4-7,10H,8-9H2,1-3H3,(H,18,23). The van der Waals surface area contributed by atoms with E-state index in [1.54, 1.807) is 4.52 Å². The number of carbonyl (C=O) groups excluding carboxylic acids is 1. The second kappa shape index (κ2) is 6.66. The van der Waals surface area contributed by atoms with Crippen molar-refractivity contribution < 1.29 is 9.53 Å². The Morgan fingerprint density at radius 3 is 2.67 bits per heavy atom. The van der Waals surface area contributed by atoms with Gasteiger partial charge in [-0.3, -0.25) is 4.79 Å². The molecule has 3 rings (SSSR count). The molecule has 0 saturated carbocycles. The summed E-state index contributed by atoms with van der Waals surface area (Å²) in [5, 5.41) is 6.94. The highest BCUT2D eigenvalue weighted by molar-refractivity contribution is 5.90. The maximum Gasteiger partial charge on any atom is 0.291 e. The molecule has 0 aliphatic rings. The van der Waals surface area contributed by atoms with Gasteiger partial charge in [-0.2, -0.15) is 4.98 Å². The molecule has 124 valence electrons. The molecule has 0 aliphatic carbocycles. The van der Waals surface area contributed by atoms with E-state index >= 15 is 0 Å². The van der Waals surface area contributed by atoms with Crippen molar-refractivity contribution in [2.75, 3.05) is 13.2 Å². The van der Waals surface area contributed by atoms with Crippen molar-refractivity contribution in [2.24, 2.45) is 0 Å². The number of aromatic nitrogens is 4. The lowest BCUT2D eigenvalue weighted by molar-refractivity contribution is 0.0937. The van der Waals surface area contributed by atoms with E-state index in [0.29, 0.717) is 18.9 Å². The topological polar surface area (TPSA) is 81.4 Å². The zero-order chi connectivity index (χ0) is 17.1. The Hall–Kier alpha value is -2.96. The Balaban J connectivity index is 1.57. The van der Waals surface area contributed by atoms with Gasteiger partial charge < -0.3 is 10.1 Å². The largest absolute Gasteiger partial charge is 0.492 e. The number of nitrogens with one attached hydrogen (secondary N) is 1. The number of amides is 1. The summed E-state index contributed by atoms with van der Waals surface area (Å²) in [6.45, 7) is 6.54. The molecule has 24 heavy (non-hydrogen) atoms. The highest BCUT2D eigenvalue weighted by atomic mass is 16.5. The van der Waals surface area contributed by atoms with E-state index in [4.69, 9.17) is 4.74 Å². The Morgan fingerprint density at radius 1 is 1.17 bits per heavy atom. The van der Waals surface area contributed by atoms with Crippen LogP contribution in [0.5, 0.6) is 5.75 Å². The molecule has 0 spiro atoms. The van der Waals surface area contributed by atoms with Crippen molar-refractivity contribution >= 4 is 11.7 Å². The molecule has 0 fully saturated rings. The van der Waals surface area contributed by atoms with Gasteiger partial charge >= 0.3 is 0 Å². The van der Waals surface area contributed by atoms with Crippen molar-refractivity contribution in [1.29, 1.82) is 0 Å². The molecule has 7 heteroatoms. The maximum atomic E-state index is 12.1. The third kappa shape index (κ3) is 3.51. The predicted octanol–water partition coefficient (Wildman–Crippen LogP) is 1.86. The first kappa shape index (κ1) is 15.9. The van der Waals surface area contributed by atoms with Crippen LogP contribution in [0.25, 0.3) is 5.78 Å². The number of hydrogen-bond acceptors (Lipinski definition) is 5. The summed E-state index contributed by atoms with van der Waals surface area (Å²) in [5.41, 5.74) is 2.89. The lowest BCUT2D eigenvalue weighted by Gasteiger charge is -2.06. The van der Waals surface area contributed by atoms with Gasteiger partial charge in [0.25, 0.3) is 11.7 Å². The Labute approximate surface area is 139 Å². The minimum atomic E-state index is -0.343. The quantitative estimate of drug-likeness (QED) is 0.724. The van der Waals surface area contributed by atoms with Gasteiger partial charge in [-0.15, -0.1) is 5.10 Å². The number of carbonyl (C=O) groups is 1. The number of nitrogens with zero attached hydrogens (tertiary/aromatic N) is 4. The van der Waals surface area contributed by atoms with Crippen LogP contribution < -0.4 is 10.1 Å². The maximum absolute atomic E-state index is 12.1. The average molecular weight is 325 g/mol. The van der Waals surface area contributed by atoms with E-state index in [0.717, 1.165) is 17.1 Å². The molecule has 0 radical (unpaired) electrons. The summed E-state index contributed by atoms with van der Waals surface area (Å²) in [6.07, 6.45) is 0. The Kier molecular flexibility index (Phi) is 4.41. The number of fused-ring (bicyclic) bond motifs is 1. The van der Waals surface area contributed by atoms with E-state index in [1.807, 2.05) is 51.1 Å². The molecule has 1 N–H and O–H groups in total. The summed E-state index contributed by atoms with van der Waals surface area (Å²) >= 11 is 0. The fourth-order valence-electron chi connectivity index (χ4n) is 2.31. The van der Waals surface area contributed by atoms with Gasteiger partial charge in [0.15, 0.2) is 0 Å². The summed E-state index contributed by atoms with van der Waals surface area (Å²) in [4.78, 5) is 20.6. The van der Waals surface area contributed by atoms with Crippen molar-refractivity contribution in [2.45, 2.75) is 20.8 Å². The van der Waals surface area contributed by atoms with Crippen LogP contribution in [-0.4, -0.2) is 38.6 Å². The van der Waals surface area contributed by atoms with Crippen LogP contribution in [0.4, 0.5) is 0 Å². The van der Waals surface area contributed by atoms with Crippen LogP contribution in [0.15, 0.2) is 30.3 Å². The summed E-state index contributed by atoms with van der Waals surface area (Å²) in [6, 6.07) is 9.64. The average Bonchev–Trinajstić information content (AvgIpc) is 2.97. The highest BCUT2D eigenvalue weighted by Crippen LogP contribution is 2.10. The van der Waals surface area contributed by atoms with Crippen molar-refractivity contribution in [3.8, 4) is 5.75 Å². The molecule has 0 aliphatic heterocycles. The summed E-state index contributed by atoms with van der Waals surface area (Å²) in [5.74, 6) is 0.959.